The number of benzene rings is 1. The highest BCUT2D eigenvalue weighted by molar-refractivity contribution is 5.94. The molecule has 30 heavy (non-hydrogen) atoms. The molecule has 0 unspecified atom stereocenters. The Morgan fingerprint density at radius 1 is 1.13 bits per heavy atom. The van der Waals surface area contributed by atoms with Crippen molar-refractivity contribution in [1.82, 2.24) is 10.3 Å². The number of oxazole rings is 1. The molecule has 1 aliphatic carbocycles. The minimum absolute atomic E-state index is 0.0293. The van der Waals surface area contributed by atoms with Gasteiger partial charge in [0.25, 0.3) is 0 Å². The molecule has 2 N–H and O–H groups in total. The molecule has 1 aromatic heterocycles. The number of amides is 2. The fourth-order valence-electron chi connectivity index (χ4n) is 4.23. The van der Waals surface area contributed by atoms with E-state index in [0.717, 1.165) is 31.2 Å². The average Bonchev–Trinajstić information content (AvgIpc) is 3.49. The number of carbonyl (C=O) groups excluding carboxylic acids is 2. The predicted molar refractivity (Wildman–Crippen MR) is 113 cm³/mol. The van der Waals surface area contributed by atoms with E-state index in [1.54, 1.807) is 0 Å². The van der Waals surface area contributed by atoms with E-state index in [1.165, 1.54) is 12.8 Å². The summed E-state index contributed by atoms with van der Waals surface area (Å²) in [4.78, 5) is 29.3. The van der Waals surface area contributed by atoms with Crippen LogP contribution < -0.4 is 10.6 Å². The zero-order chi connectivity index (χ0) is 20.9. The maximum Gasteiger partial charge on any atom is 0.249 e. The van der Waals surface area contributed by atoms with Gasteiger partial charge in [-0.3, -0.25) is 9.59 Å². The van der Waals surface area contributed by atoms with Crippen LogP contribution in [-0.2, 0) is 20.9 Å². The average molecular weight is 412 g/mol. The van der Waals surface area contributed by atoms with Gasteiger partial charge in [-0.1, -0.05) is 25.0 Å². The quantitative estimate of drug-likeness (QED) is 0.719. The first kappa shape index (κ1) is 20.6. The second-order valence-electron chi connectivity index (χ2n) is 8.19. The Hall–Kier alpha value is -2.67. The summed E-state index contributed by atoms with van der Waals surface area (Å²) in [7, 11) is 0. The lowest BCUT2D eigenvalue weighted by Gasteiger charge is -2.11. The maximum absolute atomic E-state index is 12.5. The predicted octanol–water partition coefficient (Wildman–Crippen LogP) is 3.96. The number of aromatic nitrogens is 1. The van der Waals surface area contributed by atoms with Gasteiger partial charge >= 0.3 is 0 Å². The number of anilines is 1. The largest absolute Gasteiger partial charge is 0.441 e. The Kier molecular flexibility index (Phi) is 6.47. The van der Waals surface area contributed by atoms with Gasteiger partial charge in [-0.25, -0.2) is 4.98 Å². The second kappa shape index (κ2) is 9.43. The van der Waals surface area contributed by atoms with Gasteiger partial charge in [-0.05, 0) is 50.7 Å². The molecule has 2 aromatic rings. The molecule has 1 aromatic carbocycles. The summed E-state index contributed by atoms with van der Waals surface area (Å²) in [6.45, 7) is 2.74. The van der Waals surface area contributed by atoms with Crippen molar-refractivity contribution in [3.8, 4) is 11.5 Å². The third-order valence-corrected chi connectivity index (χ3v) is 5.93. The van der Waals surface area contributed by atoms with Crippen LogP contribution in [0.15, 0.2) is 28.7 Å². The fourth-order valence-corrected chi connectivity index (χ4v) is 4.23. The summed E-state index contributed by atoms with van der Waals surface area (Å²) in [5.74, 6) is 1.48. The minimum Gasteiger partial charge on any atom is -0.441 e. The third-order valence-electron chi connectivity index (χ3n) is 5.93. The van der Waals surface area contributed by atoms with Crippen LogP contribution in [0.25, 0.3) is 11.5 Å². The molecule has 2 heterocycles. The van der Waals surface area contributed by atoms with Crippen molar-refractivity contribution in [2.24, 2.45) is 5.92 Å². The van der Waals surface area contributed by atoms with Gasteiger partial charge in [0.05, 0.1) is 17.8 Å². The molecule has 2 aliphatic rings. The van der Waals surface area contributed by atoms with E-state index in [4.69, 9.17) is 9.15 Å². The summed E-state index contributed by atoms with van der Waals surface area (Å²) in [5.41, 5.74) is 2.09. The first-order chi connectivity index (χ1) is 14.6. The van der Waals surface area contributed by atoms with Gasteiger partial charge in [-0.15, -0.1) is 0 Å². The van der Waals surface area contributed by atoms with E-state index in [9.17, 15) is 9.59 Å². The van der Waals surface area contributed by atoms with E-state index in [2.05, 4.69) is 15.6 Å². The standard InChI is InChI=1S/C23H29N3O4/c1-15-19(14-24-22(28)20-11-6-12-29-20)26-23(30-15)17-9-4-5-10-18(17)25-21(27)13-16-7-2-3-8-16/h4-5,9-10,16,20H,2-3,6-8,11-14H2,1H3,(H,24,28)(H,25,27)/t20-/m0/s1. The molecule has 160 valence electrons. The Bertz CT molecular complexity index is 896. The Labute approximate surface area is 176 Å². The molecule has 0 spiro atoms. The lowest BCUT2D eigenvalue weighted by Crippen LogP contribution is -2.33. The van der Waals surface area contributed by atoms with Gasteiger partial charge in [-0.2, -0.15) is 0 Å². The van der Waals surface area contributed by atoms with Crippen LogP contribution in [0.5, 0.6) is 0 Å². The number of ether oxygens (including phenoxy) is 1. The van der Waals surface area contributed by atoms with Crippen molar-refractivity contribution in [2.75, 3.05) is 11.9 Å². The first-order valence-electron chi connectivity index (χ1n) is 10.8. The summed E-state index contributed by atoms with van der Waals surface area (Å²) in [5, 5.41) is 5.90. The monoisotopic (exact) mass is 411 g/mol. The van der Waals surface area contributed by atoms with Crippen molar-refractivity contribution in [2.45, 2.75) is 64.5 Å². The molecular formula is C23H29N3O4. The van der Waals surface area contributed by atoms with Gasteiger partial charge in [0.2, 0.25) is 17.7 Å². The molecule has 7 heteroatoms. The highest BCUT2D eigenvalue weighted by Gasteiger charge is 2.24. The first-order valence-corrected chi connectivity index (χ1v) is 10.8. The molecule has 0 bridgehead atoms. The number of rotatable bonds is 7. The smallest absolute Gasteiger partial charge is 0.249 e. The van der Waals surface area contributed by atoms with E-state index < -0.39 is 0 Å². The highest BCUT2D eigenvalue weighted by atomic mass is 16.5. The van der Waals surface area contributed by atoms with Crippen molar-refractivity contribution in [3.63, 3.8) is 0 Å². The zero-order valence-corrected chi connectivity index (χ0v) is 17.4. The molecule has 0 radical (unpaired) electrons. The third kappa shape index (κ3) is 4.90. The Morgan fingerprint density at radius 3 is 2.70 bits per heavy atom. The number of aryl methyl sites for hydroxylation is 1. The van der Waals surface area contributed by atoms with Gasteiger partial charge < -0.3 is 19.8 Å². The van der Waals surface area contributed by atoms with Gasteiger partial charge in [0.15, 0.2) is 0 Å². The van der Waals surface area contributed by atoms with E-state index in [0.29, 0.717) is 42.0 Å². The highest BCUT2D eigenvalue weighted by Crippen LogP contribution is 2.31. The molecule has 2 fully saturated rings. The maximum atomic E-state index is 12.5. The number of nitrogens with zero attached hydrogens (tertiary/aromatic N) is 1. The van der Waals surface area contributed by atoms with Crippen LogP contribution in [0.2, 0.25) is 0 Å². The lowest BCUT2D eigenvalue weighted by molar-refractivity contribution is -0.130. The number of nitrogens with one attached hydrogen (secondary N) is 2. The van der Waals surface area contributed by atoms with Crippen molar-refractivity contribution < 1.29 is 18.7 Å². The zero-order valence-electron chi connectivity index (χ0n) is 17.4. The fraction of sp³-hybridized carbons (Fsp3) is 0.522. The minimum atomic E-state index is -0.368. The molecule has 1 saturated carbocycles. The number of hydrogen-bond acceptors (Lipinski definition) is 5. The Balaban J connectivity index is 1.43. The number of carbonyl (C=O) groups is 2. The summed E-state index contributed by atoms with van der Waals surface area (Å²) >= 11 is 0. The summed E-state index contributed by atoms with van der Waals surface area (Å²) in [6, 6.07) is 7.51. The number of hydrogen-bond donors (Lipinski definition) is 2. The molecule has 4 rings (SSSR count). The molecule has 1 atom stereocenters. The van der Waals surface area contributed by atoms with Gasteiger partial charge in [0, 0.05) is 13.0 Å². The summed E-state index contributed by atoms with van der Waals surface area (Å²) in [6.07, 6.45) is 6.56. The van der Waals surface area contributed by atoms with Crippen LogP contribution in [0, 0.1) is 12.8 Å². The molecule has 1 saturated heterocycles. The second-order valence-corrected chi connectivity index (χ2v) is 8.19. The molecule has 7 nitrogen and oxygen atoms in total. The van der Waals surface area contributed by atoms with E-state index in [-0.39, 0.29) is 24.5 Å². The van der Waals surface area contributed by atoms with Crippen LogP contribution in [-0.4, -0.2) is 29.5 Å². The van der Waals surface area contributed by atoms with Crippen molar-refractivity contribution >= 4 is 17.5 Å². The Morgan fingerprint density at radius 2 is 1.93 bits per heavy atom. The van der Waals surface area contributed by atoms with Crippen LogP contribution in [0.1, 0.15) is 56.4 Å². The van der Waals surface area contributed by atoms with Crippen molar-refractivity contribution in [1.29, 1.82) is 0 Å². The molecular weight excluding hydrogens is 382 g/mol. The normalized spacial score (nSPS) is 19.2. The molecule has 1 aliphatic heterocycles. The van der Waals surface area contributed by atoms with Crippen molar-refractivity contribution in [3.05, 3.63) is 35.7 Å². The number of para-hydroxylation sites is 1. The summed E-state index contributed by atoms with van der Waals surface area (Å²) < 4.78 is 11.3. The molecule has 2 amide bonds. The van der Waals surface area contributed by atoms with E-state index >= 15 is 0 Å². The lowest BCUT2D eigenvalue weighted by atomic mass is 10.0. The SMILES string of the molecule is Cc1oc(-c2ccccc2NC(=O)CC2CCCC2)nc1CNC(=O)[C@@H]1CCCO1. The van der Waals surface area contributed by atoms with Crippen LogP contribution in [0.4, 0.5) is 5.69 Å². The van der Waals surface area contributed by atoms with E-state index in [1.807, 2.05) is 31.2 Å². The van der Waals surface area contributed by atoms with Crippen LogP contribution in [0.3, 0.4) is 0 Å². The van der Waals surface area contributed by atoms with Crippen LogP contribution >= 0.6 is 0 Å². The van der Waals surface area contributed by atoms with Gasteiger partial charge in [0.1, 0.15) is 17.6 Å². The topological polar surface area (TPSA) is 93.5 Å².